The molecular formula is C19H23FN2O4S. The van der Waals surface area contributed by atoms with Crippen molar-refractivity contribution in [3.8, 4) is 5.75 Å². The largest absolute Gasteiger partial charge is 0.494 e. The molecule has 0 heterocycles. The number of carbonyl (C=O) groups excluding carboxylic acids is 1. The van der Waals surface area contributed by atoms with Crippen molar-refractivity contribution in [2.24, 2.45) is 0 Å². The third-order valence-electron chi connectivity index (χ3n) is 4.20. The number of methoxy groups -OCH3 is 1. The highest BCUT2D eigenvalue weighted by molar-refractivity contribution is 7.89. The van der Waals surface area contributed by atoms with Crippen LogP contribution >= 0.6 is 0 Å². The quantitative estimate of drug-likeness (QED) is 0.756. The number of aryl methyl sites for hydroxylation is 1. The van der Waals surface area contributed by atoms with E-state index in [1.807, 2.05) is 0 Å². The van der Waals surface area contributed by atoms with Crippen LogP contribution in [0.5, 0.6) is 5.75 Å². The number of rotatable bonds is 6. The number of ether oxygens (including phenoxy) is 1. The fourth-order valence-corrected chi connectivity index (χ4v) is 3.49. The van der Waals surface area contributed by atoms with E-state index >= 15 is 0 Å². The van der Waals surface area contributed by atoms with Crippen molar-refractivity contribution in [3.05, 3.63) is 58.9 Å². The second-order valence-corrected chi connectivity index (χ2v) is 8.55. The number of hydrogen-bond acceptors (Lipinski definition) is 4. The van der Waals surface area contributed by atoms with Crippen molar-refractivity contribution >= 4 is 15.9 Å². The van der Waals surface area contributed by atoms with Crippen LogP contribution in [0.25, 0.3) is 0 Å². The summed E-state index contributed by atoms with van der Waals surface area (Å²) in [5.41, 5.74) is 1.54. The molecule has 2 rings (SSSR count). The zero-order chi connectivity index (χ0) is 20.4. The van der Waals surface area contributed by atoms with Gasteiger partial charge in [-0.15, -0.1) is 0 Å². The smallest absolute Gasteiger partial charge is 0.254 e. The lowest BCUT2D eigenvalue weighted by Gasteiger charge is -2.20. The van der Waals surface area contributed by atoms with Gasteiger partial charge in [0.1, 0.15) is 0 Å². The predicted molar refractivity (Wildman–Crippen MR) is 101 cm³/mol. The molecule has 8 heteroatoms. The molecule has 146 valence electrons. The summed E-state index contributed by atoms with van der Waals surface area (Å²) in [7, 11) is 2.18. The summed E-state index contributed by atoms with van der Waals surface area (Å²) in [6.45, 7) is 1.91. The van der Waals surface area contributed by atoms with Gasteiger partial charge in [-0.25, -0.2) is 17.1 Å². The van der Waals surface area contributed by atoms with Gasteiger partial charge in [-0.05, 0) is 42.3 Å². The molecule has 0 aliphatic rings. The molecule has 0 saturated carbocycles. The maximum atomic E-state index is 13.8. The molecule has 0 spiro atoms. The van der Waals surface area contributed by atoms with E-state index in [-0.39, 0.29) is 28.7 Å². The van der Waals surface area contributed by atoms with E-state index in [0.29, 0.717) is 11.1 Å². The molecular weight excluding hydrogens is 371 g/mol. The third kappa shape index (κ3) is 4.45. The van der Waals surface area contributed by atoms with Crippen LogP contribution in [0.2, 0.25) is 0 Å². The van der Waals surface area contributed by atoms with Crippen LogP contribution in [0.15, 0.2) is 41.3 Å². The number of amides is 1. The number of nitrogens with zero attached hydrogens (tertiary/aromatic N) is 2. The molecule has 0 N–H and O–H groups in total. The topological polar surface area (TPSA) is 66.9 Å². The van der Waals surface area contributed by atoms with E-state index < -0.39 is 15.8 Å². The second-order valence-electron chi connectivity index (χ2n) is 6.39. The van der Waals surface area contributed by atoms with Crippen molar-refractivity contribution in [2.75, 3.05) is 28.3 Å². The van der Waals surface area contributed by atoms with Crippen molar-refractivity contribution in [1.29, 1.82) is 0 Å². The van der Waals surface area contributed by atoms with E-state index in [1.54, 1.807) is 26.1 Å². The van der Waals surface area contributed by atoms with Crippen LogP contribution in [0, 0.1) is 12.7 Å². The molecule has 0 aliphatic heterocycles. The van der Waals surface area contributed by atoms with Gasteiger partial charge in [0, 0.05) is 33.3 Å². The summed E-state index contributed by atoms with van der Waals surface area (Å²) >= 11 is 0. The molecule has 0 saturated heterocycles. The van der Waals surface area contributed by atoms with Gasteiger partial charge in [-0.1, -0.05) is 12.1 Å². The zero-order valence-electron chi connectivity index (χ0n) is 16.0. The Morgan fingerprint density at radius 1 is 1.11 bits per heavy atom. The Balaban J connectivity index is 2.30. The summed E-state index contributed by atoms with van der Waals surface area (Å²) in [6.07, 6.45) is 0. The van der Waals surface area contributed by atoms with Crippen LogP contribution in [0.1, 0.15) is 21.5 Å². The van der Waals surface area contributed by atoms with Crippen LogP contribution in [0.4, 0.5) is 4.39 Å². The Morgan fingerprint density at radius 2 is 1.78 bits per heavy atom. The number of sulfonamides is 1. The standard InChI is InChI=1S/C19H23FN2O4S/c1-13-6-8-15(27(24,25)21(2)3)11-16(13)19(23)22(4)12-14-7-9-18(26-5)17(20)10-14/h6-11H,12H2,1-5H3. The Bertz CT molecular complexity index is 958. The average Bonchev–Trinajstić information content (AvgIpc) is 2.61. The fourth-order valence-electron chi connectivity index (χ4n) is 2.56. The van der Waals surface area contributed by atoms with Gasteiger partial charge < -0.3 is 9.64 Å². The molecule has 0 fully saturated rings. The number of carbonyl (C=O) groups is 1. The molecule has 6 nitrogen and oxygen atoms in total. The summed E-state index contributed by atoms with van der Waals surface area (Å²) in [4.78, 5) is 14.3. The van der Waals surface area contributed by atoms with Crippen LogP contribution in [-0.2, 0) is 16.6 Å². The van der Waals surface area contributed by atoms with E-state index in [9.17, 15) is 17.6 Å². The lowest BCUT2D eigenvalue weighted by molar-refractivity contribution is 0.0784. The van der Waals surface area contributed by atoms with E-state index in [0.717, 1.165) is 4.31 Å². The first-order valence-corrected chi connectivity index (χ1v) is 9.63. The monoisotopic (exact) mass is 394 g/mol. The fraction of sp³-hybridized carbons (Fsp3) is 0.316. The molecule has 0 unspecified atom stereocenters. The maximum Gasteiger partial charge on any atom is 0.254 e. The minimum Gasteiger partial charge on any atom is -0.494 e. The van der Waals surface area contributed by atoms with Crippen molar-refractivity contribution in [1.82, 2.24) is 9.21 Å². The van der Waals surface area contributed by atoms with Gasteiger partial charge >= 0.3 is 0 Å². The molecule has 0 radical (unpaired) electrons. The van der Waals surface area contributed by atoms with Gasteiger partial charge in [0.25, 0.3) is 5.91 Å². The Hall–Kier alpha value is -2.45. The molecule has 0 atom stereocenters. The van der Waals surface area contributed by atoms with E-state index in [4.69, 9.17) is 4.74 Å². The first-order valence-electron chi connectivity index (χ1n) is 8.19. The van der Waals surface area contributed by atoms with Crippen LogP contribution in [0.3, 0.4) is 0 Å². The highest BCUT2D eigenvalue weighted by Gasteiger charge is 2.22. The molecule has 0 aromatic heterocycles. The van der Waals surface area contributed by atoms with Crippen molar-refractivity contribution in [3.63, 3.8) is 0 Å². The van der Waals surface area contributed by atoms with Gasteiger partial charge in [0.15, 0.2) is 11.6 Å². The summed E-state index contributed by atoms with van der Waals surface area (Å²) in [5, 5.41) is 0. The molecule has 27 heavy (non-hydrogen) atoms. The normalized spacial score (nSPS) is 11.5. The molecule has 2 aromatic rings. The third-order valence-corrected chi connectivity index (χ3v) is 6.01. The van der Waals surface area contributed by atoms with Gasteiger partial charge in [0.2, 0.25) is 10.0 Å². The van der Waals surface area contributed by atoms with E-state index in [1.165, 1.54) is 50.4 Å². The Morgan fingerprint density at radius 3 is 2.33 bits per heavy atom. The first-order chi connectivity index (χ1) is 12.6. The average molecular weight is 394 g/mol. The minimum absolute atomic E-state index is 0.0466. The molecule has 2 aromatic carbocycles. The zero-order valence-corrected chi connectivity index (χ0v) is 16.8. The molecule has 1 amide bonds. The Kier molecular flexibility index (Phi) is 6.22. The molecule has 0 aliphatic carbocycles. The highest BCUT2D eigenvalue weighted by atomic mass is 32.2. The number of benzene rings is 2. The van der Waals surface area contributed by atoms with Gasteiger partial charge in [0.05, 0.1) is 12.0 Å². The summed E-state index contributed by atoms with van der Waals surface area (Å²) < 4.78 is 44.5. The predicted octanol–water partition coefficient (Wildman–Crippen LogP) is 2.67. The van der Waals surface area contributed by atoms with Crippen molar-refractivity contribution in [2.45, 2.75) is 18.4 Å². The highest BCUT2D eigenvalue weighted by Crippen LogP contribution is 2.21. The van der Waals surface area contributed by atoms with Crippen LogP contribution < -0.4 is 4.74 Å². The number of hydrogen-bond donors (Lipinski definition) is 0. The van der Waals surface area contributed by atoms with Crippen molar-refractivity contribution < 1.29 is 22.3 Å². The van der Waals surface area contributed by atoms with Gasteiger partial charge in [-0.3, -0.25) is 4.79 Å². The Labute approximate surface area is 159 Å². The summed E-state index contributed by atoms with van der Waals surface area (Å²) in [6, 6.07) is 8.93. The second kappa shape index (κ2) is 8.06. The lowest BCUT2D eigenvalue weighted by atomic mass is 10.1. The SMILES string of the molecule is COc1ccc(CN(C)C(=O)c2cc(S(=O)(=O)N(C)C)ccc2C)cc1F. The first kappa shape index (κ1) is 20.9. The summed E-state index contributed by atoms with van der Waals surface area (Å²) in [5.74, 6) is -0.726. The molecule has 0 bridgehead atoms. The van der Waals surface area contributed by atoms with E-state index in [2.05, 4.69) is 0 Å². The maximum absolute atomic E-state index is 13.8. The van der Waals surface area contributed by atoms with Crippen LogP contribution in [-0.4, -0.2) is 51.8 Å². The number of halogens is 1. The van der Waals surface area contributed by atoms with Gasteiger partial charge in [-0.2, -0.15) is 0 Å². The minimum atomic E-state index is -3.65. The lowest BCUT2D eigenvalue weighted by Crippen LogP contribution is -2.28.